The molecule has 2 aromatic heterocycles. The molecule has 2 rings (SSSR count). The van der Waals surface area contributed by atoms with Crippen LogP contribution in [0.2, 0.25) is 0 Å². The van der Waals surface area contributed by atoms with Crippen LogP contribution in [0.3, 0.4) is 0 Å². The molecule has 0 aromatic carbocycles. The highest BCUT2D eigenvalue weighted by molar-refractivity contribution is 5.80. The SMILES string of the molecule is CCOC(C)C(=O)NCc1ccnc(-n2cccn2)c1. The van der Waals surface area contributed by atoms with Gasteiger partial charge in [-0.25, -0.2) is 9.67 Å². The maximum absolute atomic E-state index is 11.8. The molecule has 1 N–H and O–H groups in total. The van der Waals surface area contributed by atoms with Gasteiger partial charge in [-0.3, -0.25) is 4.79 Å². The van der Waals surface area contributed by atoms with E-state index in [9.17, 15) is 4.79 Å². The zero-order valence-corrected chi connectivity index (χ0v) is 11.6. The zero-order chi connectivity index (χ0) is 14.4. The summed E-state index contributed by atoms with van der Waals surface area (Å²) in [6.07, 6.45) is 4.78. The van der Waals surface area contributed by atoms with Crippen molar-refractivity contribution < 1.29 is 9.53 Å². The molecule has 0 fully saturated rings. The van der Waals surface area contributed by atoms with Gasteiger partial charge in [-0.15, -0.1) is 0 Å². The van der Waals surface area contributed by atoms with E-state index in [1.807, 2.05) is 31.3 Å². The van der Waals surface area contributed by atoms with Crippen LogP contribution in [0.5, 0.6) is 0 Å². The molecule has 2 aromatic rings. The Balaban J connectivity index is 1.97. The van der Waals surface area contributed by atoms with E-state index in [2.05, 4.69) is 15.4 Å². The number of aromatic nitrogens is 3. The minimum Gasteiger partial charge on any atom is -0.369 e. The summed E-state index contributed by atoms with van der Waals surface area (Å²) in [6, 6.07) is 5.58. The van der Waals surface area contributed by atoms with Gasteiger partial charge in [0.15, 0.2) is 5.82 Å². The summed E-state index contributed by atoms with van der Waals surface area (Å²) in [7, 11) is 0. The van der Waals surface area contributed by atoms with Crippen molar-refractivity contribution in [2.75, 3.05) is 6.61 Å². The predicted molar refractivity (Wildman–Crippen MR) is 74.3 cm³/mol. The third-order valence-electron chi connectivity index (χ3n) is 2.80. The van der Waals surface area contributed by atoms with E-state index in [0.717, 1.165) is 11.4 Å². The van der Waals surface area contributed by atoms with Gasteiger partial charge in [0.1, 0.15) is 6.10 Å². The van der Waals surface area contributed by atoms with Gasteiger partial charge in [-0.1, -0.05) is 0 Å². The first-order valence-electron chi connectivity index (χ1n) is 6.55. The summed E-state index contributed by atoms with van der Waals surface area (Å²) in [6.45, 7) is 4.56. The third-order valence-corrected chi connectivity index (χ3v) is 2.80. The van der Waals surface area contributed by atoms with Crippen molar-refractivity contribution in [1.82, 2.24) is 20.1 Å². The van der Waals surface area contributed by atoms with E-state index in [1.54, 1.807) is 24.0 Å². The molecule has 6 heteroatoms. The summed E-state index contributed by atoms with van der Waals surface area (Å²) in [4.78, 5) is 16.0. The molecule has 0 radical (unpaired) electrons. The number of nitrogens with zero attached hydrogens (tertiary/aromatic N) is 3. The molecule has 0 aliphatic carbocycles. The minimum atomic E-state index is -0.438. The highest BCUT2D eigenvalue weighted by atomic mass is 16.5. The van der Waals surface area contributed by atoms with Crippen LogP contribution in [0, 0.1) is 0 Å². The number of carbonyl (C=O) groups excluding carboxylic acids is 1. The summed E-state index contributed by atoms with van der Waals surface area (Å²) in [5.41, 5.74) is 0.961. The molecule has 0 saturated carbocycles. The van der Waals surface area contributed by atoms with Crippen LogP contribution in [-0.2, 0) is 16.1 Å². The average Bonchev–Trinajstić information content (AvgIpc) is 2.99. The minimum absolute atomic E-state index is 0.121. The largest absolute Gasteiger partial charge is 0.369 e. The Hall–Kier alpha value is -2.21. The summed E-state index contributed by atoms with van der Waals surface area (Å²) < 4.78 is 6.91. The first-order chi connectivity index (χ1) is 9.70. The van der Waals surface area contributed by atoms with Crippen molar-refractivity contribution in [1.29, 1.82) is 0 Å². The summed E-state index contributed by atoms with van der Waals surface area (Å²) >= 11 is 0. The normalized spacial score (nSPS) is 12.1. The van der Waals surface area contributed by atoms with Crippen molar-refractivity contribution in [2.24, 2.45) is 0 Å². The van der Waals surface area contributed by atoms with Crippen LogP contribution < -0.4 is 5.32 Å². The van der Waals surface area contributed by atoms with Gasteiger partial charge in [0, 0.05) is 31.7 Å². The van der Waals surface area contributed by atoms with Crippen molar-refractivity contribution in [3.8, 4) is 5.82 Å². The number of hydrogen-bond donors (Lipinski definition) is 1. The Bertz CT molecular complexity index is 554. The van der Waals surface area contributed by atoms with Gasteiger partial charge in [-0.05, 0) is 37.6 Å². The smallest absolute Gasteiger partial charge is 0.249 e. The Morgan fingerprint density at radius 3 is 3.05 bits per heavy atom. The molecular weight excluding hydrogens is 256 g/mol. The Labute approximate surface area is 117 Å². The molecule has 0 bridgehead atoms. The fourth-order valence-electron chi connectivity index (χ4n) is 1.76. The number of amides is 1. The molecular formula is C14H18N4O2. The molecule has 0 spiro atoms. The lowest BCUT2D eigenvalue weighted by Crippen LogP contribution is -2.34. The summed E-state index contributed by atoms with van der Waals surface area (Å²) in [5.74, 6) is 0.601. The first-order valence-corrected chi connectivity index (χ1v) is 6.55. The van der Waals surface area contributed by atoms with Crippen LogP contribution in [0.1, 0.15) is 19.4 Å². The lowest BCUT2D eigenvalue weighted by atomic mass is 10.2. The monoisotopic (exact) mass is 274 g/mol. The molecule has 1 amide bonds. The van der Waals surface area contributed by atoms with E-state index >= 15 is 0 Å². The van der Waals surface area contributed by atoms with Crippen molar-refractivity contribution in [3.63, 3.8) is 0 Å². The molecule has 0 saturated heterocycles. The van der Waals surface area contributed by atoms with Gasteiger partial charge < -0.3 is 10.1 Å². The fraction of sp³-hybridized carbons (Fsp3) is 0.357. The number of rotatable bonds is 6. The predicted octanol–water partition coefficient (Wildman–Crippen LogP) is 1.31. The van der Waals surface area contributed by atoms with Gasteiger partial charge >= 0.3 is 0 Å². The van der Waals surface area contributed by atoms with Crippen molar-refractivity contribution in [3.05, 3.63) is 42.4 Å². The Kier molecular flexibility index (Phi) is 4.84. The van der Waals surface area contributed by atoms with E-state index in [1.165, 1.54) is 0 Å². The fourth-order valence-corrected chi connectivity index (χ4v) is 1.76. The number of hydrogen-bond acceptors (Lipinski definition) is 4. The number of pyridine rings is 1. The lowest BCUT2D eigenvalue weighted by molar-refractivity contribution is -0.131. The van der Waals surface area contributed by atoms with Crippen LogP contribution in [0.25, 0.3) is 5.82 Å². The van der Waals surface area contributed by atoms with Crippen molar-refractivity contribution in [2.45, 2.75) is 26.5 Å². The molecule has 106 valence electrons. The van der Waals surface area contributed by atoms with Crippen LogP contribution >= 0.6 is 0 Å². The number of ether oxygens (including phenoxy) is 1. The van der Waals surface area contributed by atoms with Crippen LogP contribution in [0.15, 0.2) is 36.8 Å². The molecule has 1 atom stereocenters. The first kappa shape index (κ1) is 14.2. The third kappa shape index (κ3) is 3.64. The molecule has 0 aliphatic rings. The molecule has 2 heterocycles. The second kappa shape index (κ2) is 6.81. The second-order valence-electron chi connectivity index (χ2n) is 4.29. The summed E-state index contributed by atoms with van der Waals surface area (Å²) in [5, 5.41) is 6.96. The quantitative estimate of drug-likeness (QED) is 0.862. The highest BCUT2D eigenvalue weighted by Crippen LogP contribution is 2.06. The van der Waals surface area contributed by atoms with Gasteiger partial charge in [0.25, 0.3) is 0 Å². The molecule has 0 aliphatic heterocycles. The Morgan fingerprint density at radius 1 is 1.50 bits per heavy atom. The molecule has 6 nitrogen and oxygen atoms in total. The number of nitrogens with one attached hydrogen (secondary N) is 1. The van der Waals surface area contributed by atoms with Crippen LogP contribution in [-0.4, -0.2) is 33.4 Å². The zero-order valence-electron chi connectivity index (χ0n) is 11.6. The van der Waals surface area contributed by atoms with Crippen molar-refractivity contribution >= 4 is 5.91 Å². The molecule has 1 unspecified atom stereocenters. The Morgan fingerprint density at radius 2 is 2.35 bits per heavy atom. The van der Waals surface area contributed by atoms with E-state index in [0.29, 0.717) is 13.2 Å². The van der Waals surface area contributed by atoms with Gasteiger partial charge in [0.05, 0.1) is 0 Å². The van der Waals surface area contributed by atoms with E-state index < -0.39 is 6.10 Å². The maximum atomic E-state index is 11.8. The topological polar surface area (TPSA) is 69.0 Å². The average molecular weight is 274 g/mol. The van der Waals surface area contributed by atoms with Gasteiger partial charge in [0.2, 0.25) is 5.91 Å². The van der Waals surface area contributed by atoms with Crippen LogP contribution in [0.4, 0.5) is 0 Å². The standard InChI is InChI=1S/C14H18N4O2/c1-3-20-11(2)14(19)16-10-12-5-7-15-13(9-12)18-8-4-6-17-18/h4-9,11H,3,10H2,1-2H3,(H,16,19). The maximum Gasteiger partial charge on any atom is 0.249 e. The number of carbonyl (C=O) groups is 1. The van der Waals surface area contributed by atoms with Gasteiger partial charge in [-0.2, -0.15) is 5.10 Å². The van der Waals surface area contributed by atoms with E-state index in [4.69, 9.17) is 4.74 Å². The molecule has 20 heavy (non-hydrogen) atoms. The lowest BCUT2D eigenvalue weighted by Gasteiger charge is -2.12. The highest BCUT2D eigenvalue weighted by Gasteiger charge is 2.11. The van der Waals surface area contributed by atoms with E-state index in [-0.39, 0.29) is 5.91 Å². The second-order valence-corrected chi connectivity index (χ2v) is 4.29.